The van der Waals surface area contributed by atoms with Gasteiger partial charge in [-0.3, -0.25) is 9.59 Å². The molecule has 0 N–H and O–H groups in total. The van der Waals surface area contributed by atoms with Crippen LogP contribution in [0.1, 0.15) is 28.3 Å². The van der Waals surface area contributed by atoms with Crippen molar-refractivity contribution in [2.75, 3.05) is 44.2 Å². The van der Waals surface area contributed by atoms with E-state index in [1.807, 2.05) is 46.2 Å². The summed E-state index contributed by atoms with van der Waals surface area (Å²) >= 11 is 0. The number of piperazine rings is 1. The highest BCUT2D eigenvalue weighted by Crippen LogP contribution is 2.32. The fraction of sp³-hybridized carbons (Fsp3) is 0.310. The average molecular weight is 490 g/mol. The van der Waals surface area contributed by atoms with Gasteiger partial charge >= 0.3 is 0 Å². The van der Waals surface area contributed by atoms with Crippen LogP contribution >= 0.6 is 0 Å². The summed E-state index contributed by atoms with van der Waals surface area (Å²) in [6.07, 6.45) is 0.642. The molecule has 3 aromatic rings. The molecule has 7 heteroatoms. The summed E-state index contributed by atoms with van der Waals surface area (Å²) < 4.78 is 28.0. The van der Waals surface area contributed by atoms with Gasteiger partial charge in [0.1, 0.15) is 11.6 Å². The number of halogens is 2. The Morgan fingerprint density at radius 1 is 0.750 bits per heavy atom. The number of carbonyl (C=O) groups excluding carboxylic acids is 2. The number of benzene rings is 3. The van der Waals surface area contributed by atoms with Crippen molar-refractivity contribution in [1.82, 2.24) is 9.80 Å². The quantitative estimate of drug-likeness (QED) is 0.540. The van der Waals surface area contributed by atoms with Crippen molar-refractivity contribution in [3.8, 4) is 0 Å². The first-order valence-corrected chi connectivity index (χ1v) is 12.4. The van der Waals surface area contributed by atoms with Crippen LogP contribution in [-0.2, 0) is 4.79 Å². The van der Waals surface area contributed by atoms with Gasteiger partial charge in [0.2, 0.25) is 5.91 Å². The lowest BCUT2D eigenvalue weighted by atomic mass is 9.83. The number of likely N-dealkylation sites (tertiary alicyclic amines) is 1. The largest absolute Gasteiger partial charge is 0.366 e. The Morgan fingerprint density at radius 3 is 2.19 bits per heavy atom. The second-order valence-electron chi connectivity index (χ2n) is 9.52. The van der Waals surface area contributed by atoms with Crippen LogP contribution < -0.4 is 4.90 Å². The van der Waals surface area contributed by atoms with Crippen LogP contribution in [0.3, 0.4) is 0 Å². The molecule has 0 aliphatic carbocycles. The minimum absolute atomic E-state index is 0.00566. The number of rotatable bonds is 4. The second-order valence-corrected chi connectivity index (χ2v) is 9.52. The van der Waals surface area contributed by atoms with Gasteiger partial charge in [-0.15, -0.1) is 0 Å². The average Bonchev–Trinajstić information content (AvgIpc) is 2.93. The zero-order chi connectivity index (χ0) is 25.1. The van der Waals surface area contributed by atoms with E-state index in [2.05, 4.69) is 0 Å². The monoisotopic (exact) mass is 489 g/mol. The van der Waals surface area contributed by atoms with E-state index in [1.165, 1.54) is 24.3 Å². The Balaban J connectivity index is 1.32. The molecule has 2 amide bonds. The van der Waals surface area contributed by atoms with E-state index < -0.39 is 5.82 Å². The summed E-state index contributed by atoms with van der Waals surface area (Å²) in [6.45, 7) is 2.87. The normalized spacial score (nSPS) is 20.3. The summed E-state index contributed by atoms with van der Waals surface area (Å²) in [4.78, 5) is 32.4. The lowest BCUT2D eigenvalue weighted by Crippen LogP contribution is -2.54. The summed E-state index contributed by atoms with van der Waals surface area (Å²) in [5.41, 5.74) is 1.92. The van der Waals surface area contributed by atoms with Crippen molar-refractivity contribution in [3.05, 3.63) is 102 Å². The van der Waals surface area contributed by atoms with Gasteiger partial charge in [-0.1, -0.05) is 48.5 Å². The standard InChI is InChI=1S/C29H29F2N3O2/c30-25-10-6-9-22(18-25)28(35)34-19-23(21-7-2-1-3-8-21)17-24(20-34)29(36)33-15-13-32(14-16-33)27-12-5-4-11-26(27)31/h1-12,18,23-24H,13-17,19-20H2/t23-,24-/m0/s1. The van der Waals surface area contributed by atoms with Gasteiger partial charge in [0.15, 0.2) is 0 Å². The Labute approximate surface area is 209 Å². The first-order chi connectivity index (χ1) is 17.5. The minimum atomic E-state index is -0.460. The van der Waals surface area contributed by atoms with Crippen molar-refractivity contribution >= 4 is 17.5 Å². The fourth-order valence-corrected chi connectivity index (χ4v) is 5.35. The molecule has 5 nitrogen and oxygen atoms in total. The predicted molar refractivity (Wildman–Crippen MR) is 135 cm³/mol. The molecule has 2 fully saturated rings. The summed E-state index contributed by atoms with van der Waals surface area (Å²) in [6, 6.07) is 22.3. The van der Waals surface area contributed by atoms with Crippen molar-refractivity contribution < 1.29 is 18.4 Å². The molecule has 2 aliphatic heterocycles. The highest BCUT2D eigenvalue weighted by atomic mass is 19.1. The van der Waals surface area contributed by atoms with Gasteiger partial charge < -0.3 is 14.7 Å². The van der Waals surface area contributed by atoms with E-state index >= 15 is 0 Å². The zero-order valence-electron chi connectivity index (χ0n) is 20.0. The molecule has 2 heterocycles. The zero-order valence-corrected chi connectivity index (χ0v) is 20.0. The Kier molecular flexibility index (Phi) is 6.98. The molecule has 0 saturated carbocycles. The van der Waals surface area contributed by atoms with Crippen LogP contribution in [0, 0.1) is 17.6 Å². The van der Waals surface area contributed by atoms with E-state index in [-0.39, 0.29) is 35.0 Å². The van der Waals surface area contributed by atoms with Gasteiger partial charge in [-0.25, -0.2) is 8.78 Å². The van der Waals surface area contributed by atoms with E-state index in [9.17, 15) is 18.4 Å². The molecule has 3 aromatic carbocycles. The second kappa shape index (κ2) is 10.5. The molecular weight excluding hydrogens is 460 g/mol. The van der Waals surface area contributed by atoms with Gasteiger partial charge in [-0.2, -0.15) is 0 Å². The maximum Gasteiger partial charge on any atom is 0.253 e. The molecule has 0 aromatic heterocycles. The third kappa shape index (κ3) is 5.10. The predicted octanol–water partition coefficient (Wildman–Crippen LogP) is 4.56. The van der Waals surface area contributed by atoms with Gasteiger partial charge in [0.25, 0.3) is 5.91 Å². The Hall–Kier alpha value is -3.74. The highest BCUT2D eigenvalue weighted by molar-refractivity contribution is 5.95. The van der Waals surface area contributed by atoms with E-state index in [0.717, 1.165) is 5.56 Å². The van der Waals surface area contributed by atoms with Crippen molar-refractivity contribution in [2.24, 2.45) is 5.92 Å². The third-order valence-corrected chi connectivity index (χ3v) is 7.21. The molecule has 0 radical (unpaired) electrons. The molecule has 5 rings (SSSR count). The van der Waals surface area contributed by atoms with Crippen LogP contribution in [-0.4, -0.2) is 60.9 Å². The van der Waals surface area contributed by atoms with Gasteiger partial charge in [-0.05, 0) is 42.3 Å². The number of piperidine rings is 1. The van der Waals surface area contributed by atoms with Crippen LogP contribution in [0.2, 0.25) is 0 Å². The smallest absolute Gasteiger partial charge is 0.253 e. The van der Waals surface area contributed by atoms with Crippen LogP contribution in [0.4, 0.5) is 14.5 Å². The maximum absolute atomic E-state index is 14.2. The minimum Gasteiger partial charge on any atom is -0.366 e. The molecule has 2 aliphatic rings. The van der Waals surface area contributed by atoms with E-state index in [0.29, 0.717) is 51.4 Å². The number of hydrogen-bond donors (Lipinski definition) is 0. The fourth-order valence-electron chi connectivity index (χ4n) is 5.35. The van der Waals surface area contributed by atoms with Gasteiger partial charge in [0, 0.05) is 50.7 Å². The maximum atomic E-state index is 14.2. The Bertz CT molecular complexity index is 1230. The highest BCUT2D eigenvalue weighted by Gasteiger charge is 2.37. The molecule has 2 atom stereocenters. The summed E-state index contributed by atoms with van der Waals surface area (Å²) in [5, 5.41) is 0. The summed E-state index contributed by atoms with van der Waals surface area (Å²) in [5.74, 6) is -1.33. The van der Waals surface area contributed by atoms with Crippen LogP contribution in [0.25, 0.3) is 0 Å². The first kappa shape index (κ1) is 24.0. The van der Waals surface area contributed by atoms with Crippen molar-refractivity contribution in [2.45, 2.75) is 12.3 Å². The van der Waals surface area contributed by atoms with Crippen molar-refractivity contribution in [1.29, 1.82) is 0 Å². The molecule has 0 spiro atoms. The molecule has 0 unspecified atom stereocenters. The molecule has 186 valence electrons. The molecule has 2 saturated heterocycles. The number of anilines is 1. The van der Waals surface area contributed by atoms with Crippen LogP contribution in [0.5, 0.6) is 0 Å². The molecular formula is C29H29F2N3O2. The third-order valence-electron chi connectivity index (χ3n) is 7.21. The number of para-hydroxylation sites is 1. The molecule has 0 bridgehead atoms. The first-order valence-electron chi connectivity index (χ1n) is 12.4. The number of carbonyl (C=O) groups is 2. The number of hydrogen-bond acceptors (Lipinski definition) is 3. The van der Waals surface area contributed by atoms with Gasteiger partial charge in [0.05, 0.1) is 11.6 Å². The Morgan fingerprint density at radius 2 is 1.47 bits per heavy atom. The van der Waals surface area contributed by atoms with E-state index in [4.69, 9.17) is 0 Å². The molecule has 36 heavy (non-hydrogen) atoms. The SMILES string of the molecule is O=C(c1cccc(F)c1)N1C[C@@H](C(=O)N2CCN(c3ccccc3F)CC2)C[C@H](c2ccccc2)C1. The number of amides is 2. The van der Waals surface area contributed by atoms with Crippen molar-refractivity contribution in [3.63, 3.8) is 0 Å². The summed E-state index contributed by atoms with van der Waals surface area (Å²) in [7, 11) is 0. The van der Waals surface area contributed by atoms with E-state index in [1.54, 1.807) is 23.1 Å². The lowest BCUT2D eigenvalue weighted by Gasteiger charge is -2.42. The number of nitrogens with zero attached hydrogens (tertiary/aromatic N) is 3. The topological polar surface area (TPSA) is 43.9 Å². The van der Waals surface area contributed by atoms with Crippen LogP contribution in [0.15, 0.2) is 78.9 Å². The lowest BCUT2D eigenvalue weighted by molar-refractivity contribution is -0.137.